The van der Waals surface area contributed by atoms with Crippen molar-refractivity contribution in [3.05, 3.63) is 0 Å². The predicted molar refractivity (Wildman–Crippen MR) is 38.2 cm³/mol. The molecule has 0 radical (unpaired) electrons. The Morgan fingerprint density at radius 1 is 0.917 bits per heavy atom. The Morgan fingerprint density at radius 3 is 1.33 bits per heavy atom. The van der Waals surface area contributed by atoms with Gasteiger partial charge in [-0.2, -0.15) is 0 Å². The maximum Gasteiger partial charge on any atom is 0.111 e. The van der Waals surface area contributed by atoms with Crippen molar-refractivity contribution >= 4 is 0 Å². The second-order valence-electron chi connectivity index (χ2n) is 1.62. The van der Waals surface area contributed by atoms with Crippen LogP contribution in [0.1, 0.15) is 11.0 Å². The van der Waals surface area contributed by atoms with E-state index in [1.54, 1.807) is 0 Å². The van der Waals surface area contributed by atoms with Gasteiger partial charge in [-0.15, -0.1) is 0 Å². The largest absolute Gasteiger partial charge is 0.394 e. The highest BCUT2D eigenvalue weighted by molar-refractivity contribution is 4.79. The normalized spacial score (nSPS) is 44.2. The highest BCUT2D eigenvalue weighted by atomic mass is 16.4. The van der Waals surface area contributed by atoms with Crippen molar-refractivity contribution in [1.82, 2.24) is 0 Å². The van der Waals surface area contributed by atoms with Gasteiger partial charge in [0.2, 0.25) is 0 Å². The van der Waals surface area contributed by atoms with Crippen molar-refractivity contribution in [2.45, 2.75) is 24.3 Å². The predicted octanol–water partition coefficient (Wildman–Crippen LogP) is -3.59. The van der Waals surface area contributed by atoms with Crippen LogP contribution in [0.4, 0.5) is 0 Å². The molecule has 0 aliphatic carbocycles. The third kappa shape index (κ3) is 3.02. The number of hydrogen-bond donors (Lipinski definition) is 6. The lowest BCUT2D eigenvalue weighted by Gasteiger charge is -2.24. The summed E-state index contributed by atoms with van der Waals surface area (Å²) in [5, 5.41) is 55.1. The Balaban J connectivity index is 6.08. The average molecular weight is 190 g/mol. The highest BCUT2D eigenvalue weighted by Crippen LogP contribution is 2.03. The molecule has 0 aromatic heterocycles. The van der Waals surface area contributed by atoms with Crippen LogP contribution < -0.4 is 0 Å². The minimum absolute atomic E-state index is 4.11. The van der Waals surface area contributed by atoms with Gasteiger partial charge in [-0.1, -0.05) is 0 Å². The van der Waals surface area contributed by atoms with E-state index in [2.05, 4.69) is 0 Å². The molecule has 0 saturated carbocycles. The summed E-state index contributed by atoms with van der Waals surface area (Å²) in [6.07, 6.45) is -17.9. The van der Waals surface area contributed by atoms with Crippen molar-refractivity contribution in [2.24, 2.45) is 0 Å². The van der Waals surface area contributed by atoms with E-state index in [4.69, 9.17) is 21.2 Å². The highest BCUT2D eigenvalue weighted by Gasteiger charge is 2.29. The Hall–Kier alpha value is -0.240. The van der Waals surface area contributed by atoms with E-state index in [0.29, 0.717) is 0 Å². The Kier molecular flexibility index (Phi) is 1.75. The van der Waals surface area contributed by atoms with Crippen LogP contribution >= 0.6 is 0 Å². The SMILES string of the molecule is [2H]C([2H])(O)C([2H])(O)C([2H])(O)[C@]([2H])(O)[C@]([2H])(O)C([2H])([2H])O. The first-order valence-electron chi connectivity index (χ1n) is 6.59. The molecule has 0 amide bonds. The van der Waals surface area contributed by atoms with Gasteiger partial charge in [0.25, 0.3) is 0 Å². The zero-order valence-corrected chi connectivity index (χ0v) is 5.68. The molecule has 0 rings (SSSR count). The van der Waals surface area contributed by atoms with Crippen LogP contribution in [0.25, 0.3) is 0 Å². The second-order valence-corrected chi connectivity index (χ2v) is 1.62. The smallest absolute Gasteiger partial charge is 0.111 e. The average Bonchev–Trinajstić information content (AvgIpc) is 2.12. The molecule has 12 heavy (non-hydrogen) atoms. The van der Waals surface area contributed by atoms with Gasteiger partial charge < -0.3 is 30.6 Å². The fraction of sp³-hybridized carbons (Fsp3) is 1.00. The third-order valence-corrected chi connectivity index (χ3v) is 0.885. The molecule has 0 spiro atoms. The zero-order valence-electron chi connectivity index (χ0n) is 13.7. The molecule has 6 nitrogen and oxygen atoms in total. The molecule has 0 heterocycles. The maximum absolute atomic E-state index is 9.44. The van der Waals surface area contributed by atoms with E-state index in [9.17, 15) is 20.4 Å². The van der Waals surface area contributed by atoms with Crippen molar-refractivity contribution in [3.63, 3.8) is 0 Å². The number of aliphatic hydroxyl groups is 6. The third-order valence-electron chi connectivity index (χ3n) is 0.885. The molecule has 2 unspecified atom stereocenters. The van der Waals surface area contributed by atoms with Gasteiger partial charge in [0.15, 0.2) is 0 Å². The van der Waals surface area contributed by atoms with Gasteiger partial charge in [0, 0.05) is 0 Å². The first-order chi connectivity index (χ1) is 8.25. The standard InChI is InChI=1S/C6H14O6/c7-1-3(9)5(11)6(12)4(10)2-8/h3-12H,1-2H2/t3-,4?,5-,6?/m1/s1/i1D2,2D2,3D,4D,5D,6D. The minimum atomic E-state index is -4.55. The first kappa shape index (κ1) is 3.87. The molecule has 0 aromatic rings. The summed E-state index contributed by atoms with van der Waals surface area (Å²) in [7, 11) is 0. The van der Waals surface area contributed by atoms with Gasteiger partial charge in [-0.3, -0.25) is 0 Å². The molecule has 74 valence electrons. The van der Waals surface area contributed by atoms with Crippen molar-refractivity contribution in [3.8, 4) is 0 Å². The van der Waals surface area contributed by atoms with Crippen molar-refractivity contribution in [1.29, 1.82) is 0 Å². The van der Waals surface area contributed by atoms with Gasteiger partial charge in [0.1, 0.15) is 24.3 Å². The lowest BCUT2D eigenvalue weighted by molar-refractivity contribution is -0.123. The topological polar surface area (TPSA) is 121 Å². The zero-order chi connectivity index (χ0) is 17.0. The van der Waals surface area contributed by atoms with Crippen LogP contribution in [-0.2, 0) is 0 Å². The molecule has 4 atom stereocenters. The second kappa shape index (κ2) is 5.41. The fourth-order valence-corrected chi connectivity index (χ4v) is 0.330. The summed E-state index contributed by atoms with van der Waals surface area (Å²) in [5.41, 5.74) is 0. The summed E-state index contributed by atoms with van der Waals surface area (Å²) >= 11 is 0. The van der Waals surface area contributed by atoms with Crippen LogP contribution in [0, 0.1) is 0 Å². The van der Waals surface area contributed by atoms with Crippen LogP contribution in [0.15, 0.2) is 0 Å². The van der Waals surface area contributed by atoms with Gasteiger partial charge in [0.05, 0.1) is 24.1 Å². The summed E-state index contributed by atoms with van der Waals surface area (Å²) in [6, 6.07) is 0. The molecule has 6 heteroatoms. The number of rotatable bonds is 5. The lowest BCUT2D eigenvalue weighted by Crippen LogP contribution is -2.46. The summed E-state index contributed by atoms with van der Waals surface area (Å²) < 4.78 is 54.5. The van der Waals surface area contributed by atoms with Crippen molar-refractivity contribution in [2.75, 3.05) is 13.1 Å². The van der Waals surface area contributed by atoms with E-state index in [0.717, 1.165) is 0 Å². The Labute approximate surface area is 80.6 Å². The molecular weight excluding hydrogens is 168 g/mol. The summed E-state index contributed by atoms with van der Waals surface area (Å²) in [4.78, 5) is 0. The van der Waals surface area contributed by atoms with Gasteiger partial charge in [-0.05, 0) is 0 Å². The van der Waals surface area contributed by atoms with E-state index in [-0.39, 0.29) is 0 Å². The van der Waals surface area contributed by atoms with E-state index in [1.807, 2.05) is 0 Å². The molecule has 0 aliphatic rings. The summed E-state index contributed by atoms with van der Waals surface area (Å²) in [5.74, 6) is 0. The summed E-state index contributed by atoms with van der Waals surface area (Å²) in [6.45, 7) is -8.23. The van der Waals surface area contributed by atoms with Crippen LogP contribution in [0.5, 0.6) is 0 Å². The van der Waals surface area contributed by atoms with Crippen LogP contribution in [0.3, 0.4) is 0 Å². The van der Waals surface area contributed by atoms with E-state index >= 15 is 0 Å². The monoisotopic (exact) mass is 190 g/mol. The Bertz CT molecular complexity index is 333. The maximum atomic E-state index is 9.44. The van der Waals surface area contributed by atoms with E-state index in [1.165, 1.54) is 0 Å². The lowest BCUT2D eigenvalue weighted by atomic mass is 10.0. The van der Waals surface area contributed by atoms with Crippen LogP contribution in [0.2, 0.25) is 0 Å². The molecule has 0 aliphatic heterocycles. The van der Waals surface area contributed by atoms with E-state index < -0.39 is 37.4 Å². The van der Waals surface area contributed by atoms with Crippen molar-refractivity contribution < 1.29 is 41.6 Å². The van der Waals surface area contributed by atoms with Gasteiger partial charge in [-0.25, -0.2) is 0 Å². The molecule has 0 saturated heterocycles. The molecular formula is C6H14O6. The van der Waals surface area contributed by atoms with Crippen LogP contribution in [-0.4, -0.2) is 68.1 Å². The molecule has 0 fully saturated rings. The quantitative estimate of drug-likeness (QED) is 0.266. The minimum Gasteiger partial charge on any atom is -0.394 e. The van der Waals surface area contributed by atoms with Gasteiger partial charge >= 0.3 is 0 Å². The fourth-order valence-electron chi connectivity index (χ4n) is 0.330. The Morgan fingerprint density at radius 2 is 1.17 bits per heavy atom. The molecule has 6 N–H and O–H groups in total. The molecule has 0 bridgehead atoms. The number of hydrogen-bond acceptors (Lipinski definition) is 6. The molecule has 0 aromatic carbocycles. The first-order valence-corrected chi connectivity index (χ1v) is 2.59.